The van der Waals surface area contributed by atoms with Gasteiger partial charge < -0.3 is 4.90 Å². The summed E-state index contributed by atoms with van der Waals surface area (Å²) in [6.45, 7) is 0. The molecular formula is C56H39N. The maximum atomic E-state index is 2.52. The van der Waals surface area contributed by atoms with Crippen LogP contribution in [-0.2, 0) is 0 Å². The Morgan fingerprint density at radius 2 is 0.649 bits per heavy atom. The summed E-state index contributed by atoms with van der Waals surface area (Å²) >= 11 is 0. The van der Waals surface area contributed by atoms with Gasteiger partial charge in [0.05, 0.1) is 17.1 Å². The van der Waals surface area contributed by atoms with E-state index in [1.54, 1.807) is 0 Å². The lowest BCUT2D eigenvalue weighted by atomic mass is 9.84. The van der Waals surface area contributed by atoms with E-state index in [4.69, 9.17) is 0 Å². The van der Waals surface area contributed by atoms with Crippen molar-refractivity contribution in [2.75, 3.05) is 4.90 Å². The summed E-state index contributed by atoms with van der Waals surface area (Å²) in [6, 6.07) is 85.7. The van der Waals surface area contributed by atoms with Crippen molar-refractivity contribution in [3.05, 3.63) is 237 Å². The van der Waals surface area contributed by atoms with E-state index < -0.39 is 0 Å². The van der Waals surface area contributed by atoms with Crippen LogP contribution in [0.5, 0.6) is 0 Å². The topological polar surface area (TPSA) is 3.24 Å². The first-order valence-corrected chi connectivity index (χ1v) is 19.6. The van der Waals surface area contributed by atoms with Crippen molar-refractivity contribution < 1.29 is 0 Å². The van der Waals surface area contributed by atoms with Crippen molar-refractivity contribution in [2.24, 2.45) is 0 Å². The van der Waals surface area contributed by atoms with Crippen molar-refractivity contribution in [3.63, 3.8) is 0 Å². The molecule has 1 nitrogen and oxygen atoms in total. The molecule has 0 bridgehead atoms. The lowest BCUT2D eigenvalue weighted by Crippen LogP contribution is -2.13. The second-order valence-corrected chi connectivity index (χ2v) is 14.4. The van der Waals surface area contributed by atoms with Gasteiger partial charge in [-0.05, 0) is 84.9 Å². The van der Waals surface area contributed by atoms with Crippen LogP contribution < -0.4 is 4.90 Å². The number of para-hydroxylation sites is 1. The van der Waals surface area contributed by atoms with E-state index in [0.29, 0.717) is 0 Å². The van der Waals surface area contributed by atoms with Gasteiger partial charge in [-0.1, -0.05) is 212 Å². The van der Waals surface area contributed by atoms with Crippen molar-refractivity contribution >= 4 is 38.6 Å². The van der Waals surface area contributed by atoms with Crippen LogP contribution in [0.2, 0.25) is 0 Å². The van der Waals surface area contributed by atoms with E-state index in [1.807, 2.05) is 0 Å². The molecule has 0 saturated heterocycles. The maximum absolute atomic E-state index is 2.52. The van der Waals surface area contributed by atoms with E-state index in [0.717, 1.165) is 33.8 Å². The monoisotopic (exact) mass is 725 g/mol. The van der Waals surface area contributed by atoms with Gasteiger partial charge >= 0.3 is 0 Å². The van der Waals surface area contributed by atoms with Gasteiger partial charge in [0.1, 0.15) is 0 Å². The Hall–Kier alpha value is -7.48. The molecule has 0 aromatic heterocycles. The fourth-order valence-corrected chi connectivity index (χ4v) is 8.53. The molecular weight excluding hydrogens is 687 g/mol. The molecule has 0 N–H and O–H groups in total. The smallest absolute Gasteiger partial charge is 0.0547 e. The molecule has 0 fully saturated rings. The van der Waals surface area contributed by atoms with E-state index in [9.17, 15) is 0 Å². The second kappa shape index (κ2) is 15.0. The van der Waals surface area contributed by atoms with Gasteiger partial charge in [-0.15, -0.1) is 0 Å². The molecule has 0 aliphatic carbocycles. The summed E-state index contributed by atoms with van der Waals surface area (Å²) in [6.07, 6.45) is 0. The van der Waals surface area contributed by atoms with E-state index in [2.05, 4.69) is 241 Å². The summed E-state index contributed by atoms with van der Waals surface area (Å²) in [5, 5.41) is 4.86. The van der Waals surface area contributed by atoms with Gasteiger partial charge in [0.25, 0.3) is 0 Å². The summed E-state index contributed by atoms with van der Waals surface area (Å²) < 4.78 is 0. The molecule has 0 spiro atoms. The minimum atomic E-state index is 1.11. The predicted octanol–water partition coefficient (Wildman–Crippen LogP) is 15.8. The first-order chi connectivity index (χ1) is 28.3. The normalized spacial score (nSPS) is 11.2. The van der Waals surface area contributed by atoms with Crippen LogP contribution in [0, 0.1) is 0 Å². The highest BCUT2D eigenvalue weighted by atomic mass is 15.1. The van der Waals surface area contributed by atoms with Crippen molar-refractivity contribution in [1.29, 1.82) is 0 Å². The number of benzene rings is 10. The van der Waals surface area contributed by atoms with Gasteiger partial charge in [-0.3, -0.25) is 0 Å². The summed E-state index contributed by atoms with van der Waals surface area (Å²) in [5.74, 6) is 0. The van der Waals surface area contributed by atoms with Crippen LogP contribution >= 0.6 is 0 Å². The average molecular weight is 726 g/mol. The van der Waals surface area contributed by atoms with E-state index in [-0.39, 0.29) is 0 Å². The molecule has 0 aliphatic heterocycles. The zero-order chi connectivity index (χ0) is 38.0. The number of rotatable bonds is 8. The molecule has 0 amide bonds. The second-order valence-electron chi connectivity index (χ2n) is 14.4. The minimum absolute atomic E-state index is 1.11. The molecule has 268 valence electrons. The number of anilines is 3. The molecule has 1 heteroatoms. The largest absolute Gasteiger partial charge is 0.309 e. The molecule has 0 aliphatic rings. The van der Waals surface area contributed by atoms with Gasteiger partial charge in [0, 0.05) is 16.5 Å². The molecule has 0 radical (unpaired) electrons. The molecule has 0 saturated carbocycles. The van der Waals surface area contributed by atoms with E-state index >= 15 is 0 Å². The first kappa shape index (κ1) is 34.0. The third-order valence-corrected chi connectivity index (χ3v) is 11.1. The quantitative estimate of drug-likeness (QED) is 0.141. The Labute approximate surface area is 334 Å². The van der Waals surface area contributed by atoms with E-state index in [1.165, 1.54) is 60.5 Å². The fraction of sp³-hybridized carbons (Fsp3) is 0. The Balaban J connectivity index is 1.36. The maximum Gasteiger partial charge on any atom is 0.0547 e. The molecule has 0 atom stereocenters. The Bertz CT molecular complexity index is 2970. The standard InChI is InChI=1S/C56H39N/c1-6-21-40(22-7-1)45-37-38-52(50(39-45)42-25-10-3-11-26-42)57(51-35-19-18-31-46(51)41-23-8-2-9-24-41)53-36-20-34-49-55(44-29-14-5-15-30-44)54(43-27-12-4-13-28-43)47-32-16-17-33-48(47)56(49)53/h1-39H. The van der Waals surface area contributed by atoms with Gasteiger partial charge in [0.15, 0.2) is 0 Å². The number of hydrogen-bond donors (Lipinski definition) is 0. The molecule has 0 heterocycles. The van der Waals surface area contributed by atoms with Crippen LogP contribution in [0.1, 0.15) is 0 Å². The lowest BCUT2D eigenvalue weighted by Gasteiger charge is -2.32. The Morgan fingerprint density at radius 1 is 0.228 bits per heavy atom. The zero-order valence-corrected chi connectivity index (χ0v) is 31.5. The Morgan fingerprint density at radius 3 is 1.26 bits per heavy atom. The molecule has 10 rings (SSSR count). The Kier molecular flexibility index (Phi) is 8.95. The predicted molar refractivity (Wildman–Crippen MR) is 243 cm³/mol. The number of nitrogens with zero attached hydrogens (tertiary/aromatic N) is 1. The summed E-state index contributed by atoms with van der Waals surface area (Å²) in [5.41, 5.74) is 15.2. The van der Waals surface area contributed by atoms with Gasteiger partial charge in [-0.25, -0.2) is 0 Å². The fourth-order valence-electron chi connectivity index (χ4n) is 8.53. The number of fused-ring (bicyclic) bond motifs is 3. The highest BCUT2D eigenvalue weighted by Gasteiger charge is 2.26. The molecule has 10 aromatic rings. The third-order valence-electron chi connectivity index (χ3n) is 11.1. The summed E-state index contributed by atoms with van der Waals surface area (Å²) in [7, 11) is 0. The third kappa shape index (κ3) is 6.26. The highest BCUT2D eigenvalue weighted by Crippen LogP contribution is 2.52. The molecule has 0 unspecified atom stereocenters. The van der Waals surface area contributed by atoms with Crippen molar-refractivity contribution in [2.45, 2.75) is 0 Å². The van der Waals surface area contributed by atoms with Gasteiger partial charge in [-0.2, -0.15) is 0 Å². The molecule has 10 aromatic carbocycles. The SMILES string of the molecule is c1ccc(-c2ccc(N(c3ccccc3-c3ccccc3)c3cccc4c(-c5ccccc5)c(-c5ccccc5)c5ccccc5c34)c(-c3ccccc3)c2)cc1. The van der Waals surface area contributed by atoms with Crippen LogP contribution in [0.3, 0.4) is 0 Å². The van der Waals surface area contributed by atoms with Crippen LogP contribution in [0.15, 0.2) is 237 Å². The summed E-state index contributed by atoms with van der Waals surface area (Å²) in [4.78, 5) is 2.52. The molecule has 57 heavy (non-hydrogen) atoms. The van der Waals surface area contributed by atoms with Crippen LogP contribution in [0.4, 0.5) is 17.1 Å². The van der Waals surface area contributed by atoms with Gasteiger partial charge in [0.2, 0.25) is 0 Å². The average Bonchev–Trinajstić information content (AvgIpc) is 3.30. The number of hydrogen-bond acceptors (Lipinski definition) is 1. The lowest BCUT2D eigenvalue weighted by molar-refractivity contribution is 1.30. The zero-order valence-electron chi connectivity index (χ0n) is 31.5. The van der Waals surface area contributed by atoms with Crippen molar-refractivity contribution in [3.8, 4) is 55.6 Å². The van der Waals surface area contributed by atoms with Crippen LogP contribution in [0.25, 0.3) is 77.2 Å². The van der Waals surface area contributed by atoms with Crippen LogP contribution in [-0.4, -0.2) is 0 Å². The highest BCUT2D eigenvalue weighted by molar-refractivity contribution is 6.26. The first-order valence-electron chi connectivity index (χ1n) is 19.6. The minimum Gasteiger partial charge on any atom is -0.309 e. The van der Waals surface area contributed by atoms with Crippen molar-refractivity contribution in [1.82, 2.24) is 0 Å².